The van der Waals surface area contributed by atoms with Crippen molar-refractivity contribution in [3.63, 3.8) is 0 Å². The largest absolute Gasteiger partial charge is 0.417 e. The van der Waals surface area contributed by atoms with Gasteiger partial charge in [0.1, 0.15) is 0 Å². The van der Waals surface area contributed by atoms with E-state index in [9.17, 15) is 0 Å². The van der Waals surface area contributed by atoms with Gasteiger partial charge in [0, 0.05) is 6.61 Å². The Morgan fingerprint density at radius 2 is 1.83 bits per heavy atom. The van der Waals surface area contributed by atoms with Crippen LogP contribution >= 0.6 is 0 Å². The molecule has 0 bridgehead atoms. The van der Waals surface area contributed by atoms with E-state index in [1.165, 1.54) is 19.3 Å². The first-order valence-electron chi connectivity index (χ1n) is 5.09. The van der Waals surface area contributed by atoms with Gasteiger partial charge in [-0.15, -0.1) is 0 Å². The van der Waals surface area contributed by atoms with Crippen molar-refractivity contribution in [2.45, 2.75) is 52.8 Å². The summed E-state index contributed by atoms with van der Waals surface area (Å²) < 4.78 is 5.83. The molecule has 0 amide bonds. The Kier molecular flexibility index (Phi) is 5.84. The number of unbranched alkanes of at least 4 members (excludes halogenated alkanes) is 1. The molecule has 0 saturated heterocycles. The summed E-state index contributed by atoms with van der Waals surface area (Å²) >= 11 is 0. The summed E-state index contributed by atoms with van der Waals surface area (Å²) in [7, 11) is -1.26. The molecule has 1 nitrogen and oxygen atoms in total. The van der Waals surface area contributed by atoms with Gasteiger partial charge in [-0.1, -0.05) is 26.7 Å². The van der Waals surface area contributed by atoms with Crippen molar-refractivity contribution in [3.8, 4) is 0 Å². The lowest BCUT2D eigenvalue weighted by atomic mass is 10.1. The second-order valence-electron chi connectivity index (χ2n) is 4.67. The maximum absolute atomic E-state index is 5.83. The predicted octanol–water partition coefficient (Wildman–Crippen LogP) is 3.66. The fourth-order valence-electron chi connectivity index (χ4n) is 1.03. The monoisotopic (exact) mass is 188 g/mol. The summed E-state index contributed by atoms with van der Waals surface area (Å²) in [6.45, 7) is 12.2. The first-order chi connectivity index (χ1) is 5.45. The van der Waals surface area contributed by atoms with Gasteiger partial charge in [-0.05, 0) is 32.0 Å². The molecule has 0 aliphatic carbocycles. The van der Waals surface area contributed by atoms with E-state index >= 15 is 0 Å². The van der Waals surface area contributed by atoms with Crippen molar-refractivity contribution in [2.24, 2.45) is 5.92 Å². The second kappa shape index (κ2) is 5.76. The third kappa shape index (κ3) is 8.28. The third-order valence-electron chi connectivity index (χ3n) is 1.85. The lowest BCUT2D eigenvalue weighted by molar-refractivity contribution is 0.243. The zero-order valence-electron chi connectivity index (χ0n) is 9.31. The van der Waals surface area contributed by atoms with E-state index in [2.05, 4.69) is 33.5 Å². The van der Waals surface area contributed by atoms with E-state index in [0.29, 0.717) is 0 Å². The topological polar surface area (TPSA) is 9.23 Å². The molecule has 0 aromatic heterocycles. The van der Waals surface area contributed by atoms with Gasteiger partial charge in [0.25, 0.3) is 0 Å². The normalized spacial score (nSPS) is 14.8. The second-order valence-corrected chi connectivity index (χ2v) is 9.18. The summed E-state index contributed by atoms with van der Waals surface area (Å²) in [5.41, 5.74) is 0. The average Bonchev–Trinajstić information content (AvgIpc) is 1.95. The van der Waals surface area contributed by atoms with Gasteiger partial charge in [0.15, 0.2) is 8.32 Å². The summed E-state index contributed by atoms with van der Waals surface area (Å²) in [5.74, 6) is 0.747. The summed E-state index contributed by atoms with van der Waals surface area (Å²) in [6, 6.07) is 0. The highest BCUT2D eigenvalue weighted by Gasteiger charge is 2.15. The molecule has 2 heteroatoms. The van der Waals surface area contributed by atoms with Crippen LogP contribution in [0.2, 0.25) is 19.6 Å². The standard InChI is InChI=1S/C10H24OSi/c1-6-7-8-10(2)9-11-12(3,4)5/h10H,6-9H2,1-5H3. The van der Waals surface area contributed by atoms with Crippen LogP contribution in [0.3, 0.4) is 0 Å². The smallest absolute Gasteiger partial charge is 0.183 e. The number of hydrogen-bond donors (Lipinski definition) is 0. The first kappa shape index (κ1) is 12.2. The Bertz CT molecular complexity index is 107. The lowest BCUT2D eigenvalue weighted by Crippen LogP contribution is -2.27. The van der Waals surface area contributed by atoms with Crippen LogP contribution in [-0.2, 0) is 4.43 Å². The van der Waals surface area contributed by atoms with Crippen molar-refractivity contribution in [3.05, 3.63) is 0 Å². The zero-order chi connectivity index (χ0) is 9.61. The van der Waals surface area contributed by atoms with Gasteiger partial charge >= 0.3 is 0 Å². The summed E-state index contributed by atoms with van der Waals surface area (Å²) in [6.07, 6.45) is 3.97. The Hall–Kier alpha value is 0.177. The van der Waals surface area contributed by atoms with Gasteiger partial charge in [-0.25, -0.2) is 0 Å². The first-order valence-corrected chi connectivity index (χ1v) is 8.50. The molecule has 0 aromatic rings. The molecule has 0 aliphatic heterocycles. The van der Waals surface area contributed by atoms with E-state index in [1.54, 1.807) is 0 Å². The highest BCUT2D eigenvalue weighted by Crippen LogP contribution is 2.11. The molecule has 0 spiro atoms. The molecule has 0 rings (SSSR count). The Morgan fingerprint density at radius 3 is 2.25 bits per heavy atom. The number of rotatable bonds is 6. The minimum absolute atomic E-state index is 0.747. The Balaban J connectivity index is 3.37. The van der Waals surface area contributed by atoms with E-state index < -0.39 is 8.32 Å². The van der Waals surface area contributed by atoms with Crippen LogP contribution in [0.5, 0.6) is 0 Å². The maximum Gasteiger partial charge on any atom is 0.183 e. The molecule has 1 atom stereocenters. The third-order valence-corrected chi connectivity index (χ3v) is 2.88. The molecule has 0 radical (unpaired) electrons. The van der Waals surface area contributed by atoms with Gasteiger partial charge in [0.05, 0.1) is 0 Å². The van der Waals surface area contributed by atoms with Crippen molar-refractivity contribution in [1.29, 1.82) is 0 Å². The molecule has 0 aliphatic rings. The van der Waals surface area contributed by atoms with Crippen molar-refractivity contribution < 1.29 is 4.43 Å². The molecule has 0 heterocycles. The zero-order valence-corrected chi connectivity index (χ0v) is 10.3. The summed E-state index contributed by atoms with van der Waals surface area (Å²) in [5, 5.41) is 0. The van der Waals surface area contributed by atoms with Crippen LogP contribution < -0.4 is 0 Å². The van der Waals surface area contributed by atoms with E-state index in [-0.39, 0.29) is 0 Å². The molecule has 0 fully saturated rings. The molecule has 0 N–H and O–H groups in total. The summed E-state index contributed by atoms with van der Waals surface area (Å²) in [4.78, 5) is 0. The molecule has 1 unspecified atom stereocenters. The Labute approximate surface area is 78.6 Å². The van der Waals surface area contributed by atoms with Crippen LogP contribution in [0.25, 0.3) is 0 Å². The minimum atomic E-state index is -1.26. The fourth-order valence-corrected chi connectivity index (χ4v) is 1.81. The maximum atomic E-state index is 5.83. The van der Waals surface area contributed by atoms with Crippen LogP contribution in [0.4, 0.5) is 0 Å². The predicted molar refractivity (Wildman–Crippen MR) is 58.0 cm³/mol. The SMILES string of the molecule is CCCCC(C)CO[Si](C)(C)C. The van der Waals surface area contributed by atoms with Crippen LogP contribution in [0.1, 0.15) is 33.1 Å². The lowest BCUT2D eigenvalue weighted by Gasteiger charge is -2.20. The van der Waals surface area contributed by atoms with Crippen molar-refractivity contribution >= 4 is 8.32 Å². The van der Waals surface area contributed by atoms with Crippen LogP contribution in [0.15, 0.2) is 0 Å². The van der Waals surface area contributed by atoms with Crippen LogP contribution in [-0.4, -0.2) is 14.9 Å². The van der Waals surface area contributed by atoms with Crippen molar-refractivity contribution in [1.82, 2.24) is 0 Å². The molecular formula is C10H24OSi. The van der Waals surface area contributed by atoms with E-state index in [1.807, 2.05) is 0 Å². The fraction of sp³-hybridized carbons (Fsp3) is 1.00. The molecule has 0 aromatic carbocycles. The van der Waals surface area contributed by atoms with Gasteiger partial charge in [-0.2, -0.15) is 0 Å². The minimum Gasteiger partial charge on any atom is -0.417 e. The van der Waals surface area contributed by atoms with Crippen molar-refractivity contribution in [2.75, 3.05) is 6.61 Å². The highest BCUT2D eigenvalue weighted by molar-refractivity contribution is 6.69. The highest BCUT2D eigenvalue weighted by atomic mass is 28.4. The Morgan fingerprint density at radius 1 is 1.25 bits per heavy atom. The van der Waals surface area contributed by atoms with Gasteiger partial charge in [0.2, 0.25) is 0 Å². The number of hydrogen-bond acceptors (Lipinski definition) is 1. The van der Waals surface area contributed by atoms with E-state index in [4.69, 9.17) is 4.43 Å². The van der Waals surface area contributed by atoms with E-state index in [0.717, 1.165) is 12.5 Å². The van der Waals surface area contributed by atoms with Gasteiger partial charge in [-0.3, -0.25) is 0 Å². The van der Waals surface area contributed by atoms with Gasteiger partial charge < -0.3 is 4.43 Å². The molecule has 74 valence electrons. The quantitative estimate of drug-likeness (QED) is 0.578. The van der Waals surface area contributed by atoms with Crippen LogP contribution in [0, 0.1) is 5.92 Å². The molecule has 0 saturated carbocycles. The molecule has 12 heavy (non-hydrogen) atoms. The molecular weight excluding hydrogens is 164 g/mol. The average molecular weight is 188 g/mol.